The monoisotopic (exact) mass is 273 g/mol. The second-order valence-electron chi connectivity index (χ2n) is 6.70. The van der Waals surface area contributed by atoms with E-state index < -0.39 is 0 Å². The maximum absolute atomic E-state index is 12.5. The molecule has 4 unspecified atom stereocenters. The van der Waals surface area contributed by atoms with Gasteiger partial charge in [0.05, 0.1) is 0 Å². The second-order valence-corrected chi connectivity index (χ2v) is 6.70. The maximum atomic E-state index is 12.5. The minimum atomic E-state index is 0.289. The Hall–Kier alpha value is -1.31. The van der Waals surface area contributed by atoms with Crippen LogP contribution in [0.25, 0.3) is 0 Å². The smallest absolute Gasteiger partial charge is 0.136 e. The lowest BCUT2D eigenvalue weighted by atomic mass is 9.73. The van der Waals surface area contributed by atoms with Crippen molar-refractivity contribution in [2.75, 3.05) is 5.73 Å². The molecule has 1 aliphatic rings. The molecule has 110 valence electrons. The topological polar surface area (TPSA) is 43.1 Å². The highest BCUT2D eigenvalue weighted by atomic mass is 16.1. The van der Waals surface area contributed by atoms with Crippen LogP contribution in [0.1, 0.15) is 57.9 Å². The van der Waals surface area contributed by atoms with E-state index in [-0.39, 0.29) is 11.8 Å². The van der Waals surface area contributed by atoms with Crippen molar-refractivity contribution in [2.45, 2.75) is 52.4 Å². The highest BCUT2D eigenvalue weighted by Crippen LogP contribution is 2.35. The first-order valence-corrected chi connectivity index (χ1v) is 7.85. The predicted molar refractivity (Wildman–Crippen MR) is 84.6 cm³/mol. The van der Waals surface area contributed by atoms with Gasteiger partial charge in [-0.3, -0.25) is 4.79 Å². The van der Waals surface area contributed by atoms with Crippen LogP contribution in [0.15, 0.2) is 24.3 Å². The summed E-state index contributed by atoms with van der Waals surface area (Å²) in [6.45, 7) is 6.73. The average molecular weight is 273 g/mol. The Morgan fingerprint density at radius 2 is 1.85 bits per heavy atom. The van der Waals surface area contributed by atoms with Crippen LogP contribution in [-0.4, -0.2) is 5.78 Å². The van der Waals surface area contributed by atoms with Crippen molar-refractivity contribution in [3.63, 3.8) is 0 Å². The van der Waals surface area contributed by atoms with Crippen LogP contribution < -0.4 is 5.73 Å². The number of hydrogen-bond donors (Lipinski definition) is 1. The Morgan fingerprint density at radius 1 is 1.20 bits per heavy atom. The van der Waals surface area contributed by atoms with Gasteiger partial charge in [0.1, 0.15) is 5.78 Å². The lowest BCUT2D eigenvalue weighted by molar-refractivity contribution is -0.124. The van der Waals surface area contributed by atoms with Gasteiger partial charge in [0, 0.05) is 18.0 Å². The molecule has 0 amide bonds. The quantitative estimate of drug-likeness (QED) is 0.826. The molecule has 0 saturated heterocycles. The van der Waals surface area contributed by atoms with Gasteiger partial charge in [-0.25, -0.2) is 0 Å². The molecule has 1 aromatic rings. The fraction of sp³-hybridized carbons (Fsp3) is 0.611. The van der Waals surface area contributed by atoms with Gasteiger partial charge >= 0.3 is 0 Å². The van der Waals surface area contributed by atoms with Gasteiger partial charge in [-0.2, -0.15) is 0 Å². The lowest BCUT2D eigenvalue weighted by Gasteiger charge is -2.31. The number of carbonyl (C=O) groups excluding carboxylic acids is 1. The van der Waals surface area contributed by atoms with Gasteiger partial charge in [-0.15, -0.1) is 0 Å². The van der Waals surface area contributed by atoms with E-state index in [9.17, 15) is 4.79 Å². The van der Waals surface area contributed by atoms with E-state index in [0.717, 1.165) is 24.4 Å². The summed E-state index contributed by atoms with van der Waals surface area (Å²) in [7, 11) is 0. The maximum Gasteiger partial charge on any atom is 0.136 e. The molecule has 2 nitrogen and oxygen atoms in total. The summed E-state index contributed by atoms with van der Waals surface area (Å²) in [6.07, 6.45) is 4.02. The van der Waals surface area contributed by atoms with E-state index in [1.54, 1.807) is 0 Å². The molecule has 0 aromatic heterocycles. The number of Topliss-reactive ketones (excluding diaryl/α,β-unsaturated/α-hetero) is 1. The second kappa shape index (κ2) is 6.43. The van der Waals surface area contributed by atoms with Crippen molar-refractivity contribution in [1.82, 2.24) is 0 Å². The van der Waals surface area contributed by atoms with Gasteiger partial charge in [0.2, 0.25) is 0 Å². The summed E-state index contributed by atoms with van der Waals surface area (Å²) in [4.78, 5) is 12.5. The summed E-state index contributed by atoms with van der Waals surface area (Å²) < 4.78 is 0. The standard InChI is InChI=1S/C18H27NO/c1-12-4-5-16(10-13(12)2)18(20)11-14(3)15-6-8-17(19)9-7-15/h6-9,12-14,16H,4-5,10-11,19H2,1-3H3. The predicted octanol–water partition coefficient (Wildman–Crippen LogP) is 4.40. The number of anilines is 1. The van der Waals surface area contributed by atoms with Crippen LogP contribution in [-0.2, 0) is 4.79 Å². The molecule has 1 aliphatic carbocycles. The first-order valence-electron chi connectivity index (χ1n) is 7.85. The molecular weight excluding hydrogens is 246 g/mol. The van der Waals surface area contributed by atoms with Crippen molar-refractivity contribution in [3.05, 3.63) is 29.8 Å². The van der Waals surface area contributed by atoms with Gasteiger partial charge in [0.15, 0.2) is 0 Å². The third kappa shape index (κ3) is 3.62. The van der Waals surface area contributed by atoms with Crippen LogP contribution in [0.2, 0.25) is 0 Å². The molecule has 0 aliphatic heterocycles. The van der Waals surface area contributed by atoms with E-state index in [4.69, 9.17) is 5.73 Å². The number of carbonyl (C=O) groups is 1. The summed E-state index contributed by atoms with van der Waals surface area (Å²) >= 11 is 0. The molecule has 0 heterocycles. The molecule has 20 heavy (non-hydrogen) atoms. The fourth-order valence-corrected chi connectivity index (χ4v) is 3.25. The minimum Gasteiger partial charge on any atom is -0.399 e. The first-order chi connectivity index (χ1) is 9.47. The van der Waals surface area contributed by atoms with Crippen molar-refractivity contribution in [2.24, 2.45) is 17.8 Å². The highest BCUT2D eigenvalue weighted by Gasteiger charge is 2.29. The number of benzene rings is 1. The van der Waals surface area contributed by atoms with E-state index in [2.05, 4.69) is 20.8 Å². The third-order valence-corrected chi connectivity index (χ3v) is 5.07. The zero-order chi connectivity index (χ0) is 14.7. The highest BCUT2D eigenvalue weighted by molar-refractivity contribution is 5.81. The molecule has 0 bridgehead atoms. The summed E-state index contributed by atoms with van der Waals surface area (Å²) in [5.74, 6) is 2.49. The number of ketones is 1. The molecule has 1 fully saturated rings. The average Bonchev–Trinajstić information content (AvgIpc) is 2.42. The van der Waals surface area contributed by atoms with Crippen LogP contribution in [0.4, 0.5) is 5.69 Å². The van der Waals surface area contributed by atoms with Gasteiger partial charge in [0.25, 0.3) is 0 Å². The molecule has 0 spiro atoms. The van der Waals surface area contributed by atoms with Crippen LogP contribution in [0.3, 0.4) is 0 Å². The van der Waals surface area contributed by atoms with Gasteiger partial charge < -0.3 is 5.73 Å². The Labute approximate surface area is 122 Å². The van der Waals surface area contributed by atoms with E-state index in [1.807, 2.05) is 24.3 Å². The largest absolute Gasteiger partial charge is 0.399 e. The minimum absolute atomic E-state index is 0.289. The molecular formula is C18H27NO. The fourth-order valence-electron chi connectivity index (χ4n) is 3.25. The Morgan fingerprint density at radius 3 is 2.45 bits per heavy atom. The number of nitrogens with two attached hydrogens (primary N) is 1. The molecule has 4 atom stereocenters. The zero-order valence-corrected chi connectivity index (χ0v) is 12.9. The van der Waals surface area contributed by atoms with Crippen molar-refractivity contribution in [1.29, 1.82) is 0 Å². The Bertz CT molecular complexity index is 451. The van der Waals surface area contributed by atoms with Crippen molar-refractivity contribution in [3.8, 4) is 0 Å². The van der Waals surface area contributed by atoms with Crippen LogP contribution in [0, 0.1) is 17.8 Å². The van der Waals surface area contributed by atoms with Crippen LogP contribution >= 0.6 is 0 Å². The van der Waals surface area contributed by atoms with E-state index >= 15 is 0 Å². The molecule has 2 heteroatoms. The SMILES string of the molecule is CC(CC(=O)C1CCC(C)C(C)C1)c1ccc(N)cc1. The number of nitrogen functional groups attached to an aromatic ring is 1. The number of rotatable bonds is 4. The van der Waals surface area contributed by atoms with Crippen molar-refractivity contribution < 1.29 is 4.79 Å². The van der Waals surface area contributed by atoms with E-state index in [1.165, 1.54) is 12.0 Å². The summed E-state index contributed by atoms with van der Waals surface area (Å²) in [5, 5.41) is 0. The zero-order valence-electron chi connectivity index (χ0n) is 12.9. The third-order valence-electron chi connectivity index (χ3n) is 5.07. The molecule has 1 aromatic carbocycles. The first kappa shape index (κ1) is 15.1. The summed E-state index contributed by atoms with van der Waals surface area (Å²) in [5.41, 5.74) is 7.70. The Balaban J connectivity index is 1.92. The van der Waals surface area contributed by atoms with E-state index in [0.29, 0.717) is 18.1 Å². The number of hydrogen-bond acceptors (Lipinski definition) is 2. The molecule has 2 rings (SSSR count). The lowest BCUT2D eigenvalue weighted by Crippen LogP contribution is -2.27. The Kier molecular flexibility index (Phi) is 4.85. The van der Waals surface area contributed by atoms with Gasteiger partial charge in [-0.1, -0.05) is 32.9 Å². The molecule has 1 saturated carbocycles. The normalized spacial score (nSPS) is 28.1. The van der Waals surface area contributed by atoms with Gasteiger partial charge in [-0.05, 0) is 54.7 Å². The van der Waals surface area contributed by atoms with Crippen LogP contribution in [0.5, 0.6) is 0 Å². The molecule has 2 N–H and O–H groups in total. The summed E-state index contributed by atoms with van der Waals surface area (Å²) in [6, 6.07) is 7.92. The van der Waals surface area contributed by atoms with Crippen molar-refractivity contribution >= 4 is 11.5 Å². The molecule has 0 radical (unpaired) electrons.